The summed E-state index contributed by atoms with van der Waals surface area (Å²) in [5.41, 5.74) is 2.95. The highest BCUT2D eigenvalue weighted by molar-refractivity contribution is 5.93. The Morgan fingerprint density at radius 2 is 2.05 bits per heavy atom. The minimum atomic E-state index is 0.402. The van der Waals surface area contributed by atoms with Crippen LogP contribution >= 0.6 is 0 Å². The van der Waals surface area contributed by atoms with E-state index in [1.165, 1.54) is 0 Å². The van der Waals surface area contributed by atoms with E-state index in [1.807, 2.05) is 24.7 Å². The number of hydrogen-bond acceptors (Lipinski definition) is 4. The molecule has 0 atom stereocenters. The summed E-state index contributed by atoms with van der Waals surface area (Å²) in [6.07, 6.45) is 3.68. The van der Waals surface area contributed by atoms with Crippen LogP contribution in [0, 0.1) is 0 Å². The van der Waals surface area contributed by atoms with E-state index in [1.54, 1.807) is 0 Å². The van der Waals surface area contributed by atoms with Gasteiger partial charge in [-0.05, 0) is 12.1 Å². The molecule has 1 N–H and O–H groups in total. The largest absolute Gasteiger partial charge is 0.308 e. The maximum Gasteiger partial charge on any atom is 0.171 e. The van der Waals surface area contributed by atoms with Gasteiger partial charge in [0.1, 0.15) is 12.0 Å². The molecule has 0 aliphatic rings. The average molecular weight is 280 g/mol. The molecule has 21 heavy (non-hydrogen) atoms. The molecule has 1 aromatic carbocycles. The predicted octanol–water partition coefficient (Wildman–Crippen LogP) is 2.03. The van der Waals surface area contributed by atoms with Gasteiger partial charge >= 0.3 is 0 Å². The number of rotatable bonds is 3. The molecule has 4 rings (SSSR count). The topological polar surface area (TPSA) is 59.5 Å². The Labute approximate surface area is 121 Å². The molecule has 0 bridgehead atoms. The van der Waals surface area contributed by atoms with Crippen LogP contribution in [0.5, 0.6) is 0 Å². The van der Waals surface area contributed by atoms with E-state index in [0.717, 1.165) is 28.0 Å². The summed E-state index contributed by atoms with van der Waals surface area (Å²) in [5, 5.41) is 13.2. The summed E-state index contributed by atoms with van der Waals surface area (Å²) in [6, 6.07) is 8.59. The number of aromatic nitrogens is 5. The molecule has 0 unspecified atom stereocenters. The molecule has 0 aliphatic heterocycles. The molecule has 0 saturated heterocycles. The molecule has 0 spiro atoms. The number of hydrogen-bond donors (Lipinski definition) is 1. The monoisotopic (exact) mass is 280 g/mol. The fourth-order valence-corrected chi connectivity index (χ4v) is 2.65. The fraction of sp³-hybridized carbons (Fsp3) is 0.267. The number of imidazole rings is 1. The van der Waals surface area contributed by atoms with Gasteiger partial charge in [0, 0.05) is 11.4 Å². The zero-order valence-corrected chi connectivity index (χ0v) is 12.0. The van der Waals surface area contributed by atoms with Crippen LogP contribution in [0.1, 0.15) is 19.7 Å². The number of para-hydroxylation sites is 1. The second-order valence-corrected chi connectivity index (χ2v) is 5.45. The van der Waals surface area contributed by atoms with Crippen LogP contribution in [0.3, 0.4) is 0 Å². The van der Waals surface area contributed by atoms with Gasteiger partial charge in [-0.3, -0.25) is 8.80 Å². The molecular weight excluding hydrogens is 264 g/mol. The minimum Gasteiger partial charge on any atom is -0.308 e. The van der Waals surface area contributed by atoms with Crippen LogP contribution in [0.4, 0.5) is 0 Å². The third kappa shape index (κ3) is 1.80. The molecule has 106 valence electrons. The van der Waals surface area contributed by atoms with E-state index in [-0.39, 0.29) is 0 Å². The highest BCUT2D eigenvalue weighted by Crippen LogP contribution is 2.22. The lowest BCUT2D eigenvalue weighted by atomic mass is 10.2. The van der Waals surface area contributed by atoms with Crippen molar-refractivity contribution < 1.29 is 0 Å². The van der Waals surface area contributed by atoms with Gasteiger partial charge in [0.25, 0.3) is 0 Å². The van der Waals surface area contributed by atoms with Gasteiger partial charge in [0.2, 0.25) is 0 Å². The third-order valence-electron chi connectivity index (χ3n) is 3.65. The van der Waals surface area contributed by atoms with Crippen molar-refractivity contribution in [2.45, 2.75) is 26.4 Å². The van der Waals surface area contributed by atoms with Gasteiger partial charge < -0.3 is 5.32 Å². The molecule has 0 aliphatic carbocycles. The normalized spacial score (nSPS) is 12.1. The lowest BCUT2D eigenvalue weighted by molar-refractivity contribution is 0.570. The molecule has 6 heteroatoms. The van der Waals surface area contributed by atoms with E-state index < -0.39 is 0 Å². The van der Waals surface area contributed by atoms with Gasteiger partial charge in [-0.25, -0.2) is 4.98 Å². The van der Waals surface area contributed by atoms with E-state index in [2.05, 4.69) is 55.3 Å². The Hall–Kier alpha value is -2.47. The molecule has 0 radical (unpaired) electrons. The van der Waals surface area contributed by atoms with Gasteiger partial charge in [-0.1, -0.05) is 26.0 Å². The fourth-order valence-electron chi connectivity index (χ4n) is 2.65. The van der Waals surface area contributed by atoms with Crippen molar-refractivity contribution in [2.24, 2.45) is 0 Å². The van der Waals surface area contributed by atoms with Crippen molar-refractivity contribution >= 4 is 22.2 Å². The van der Waals surface area contributed by atoms with Crippen LogP contribution in [-0.4, -0.2) is 30.0 Å². The summed E-state index contributed by atoms with van der Waals surface area (Å²) in [4.78, 5) is 4.28. The van der Waals surface area contributed by atoms with Crippen molar-refractivity contribution in [1.82, 2.24) is 29.3 Å². The van der Waals surface area contributed by atoms with E-state index >= 15 is 0 Å². The molecule has 0 amide bonds. The van der Waals surface area contributed by atoms with Gasteiger partial charge in [-0.15, -0.1) is 10.2 Å². The second-order valence-electron chi connectivity index (χ2n) is 5.45. The Bertz CT molecular complexity index is 933. The van der Waals surface area contributed by atoms with Crippen molar-refractivity contribution in [1.29, 1.82) is 0 Å². The van der Waals surface area contributed by atoms with E-state index in [9.17, 15) is 0 Å². The standard InChI is InChI=1S/C15H16N6/c1-10(2)17-7-13-18-19-15-11-5-3-4-6-12(11)20-9-16-8-14(20)21(13)15/h3-6,8-10,17H,7H2,1-2H3. The van der Waals surface area contributed by atoms with Crippen LogP contribution in [-0.2, 0) is 6.54 Å². The van der Waals surface area contributed by atoms with Crippen molar-refractivity contribution in [3.63, 3.8) is 0 Å². The maximum absolute atomic E-state index is 4.39. The first-order chi connectivity index (χ1) is 10.3. The quantitative estimate of drug-likeness (QED) is 0.624. The zero-order valence-electron chi connectivity index (χ0n) is 12.0. The highest BCUT2D eigenvalue weighted by atomic mass is 15.3. The highest BCUT2D eigenvalue weighted by Gasteiger charge is 2.14. The Balaban J connectivity index is 2.07. The SMILES string of the molecule is CC(C)NCc1nnc2c3ccccc3n3cncc3n12. The van der Waals surface area contributed by atoms with Crippen LogP contribution in [0.2, 0.25) is 0 Å². The Morgan fingerprint density at radius 1 is 1.19 bits per heavy atom. The van der Waals surface area contributed by atoms with Gasteiger partial charge in [0.05, 0.1) is 18.3 Å². The minimum absolute atomic E-state index is 0.402. The molecule has 0 fully saturated rings. The zero-order chi connectivity index (χ0) is 14.4. The average Bonchev–Trinajstić information content (AvgIpc) is 3.12. The van der Waals surface area contributed by atoms with Gasteiger partial charge in [0.15, 0.2) is 11.5 Å². The summed E-state index contributed by atoms with van der Waals surface area (Å²) in [6.45, 7) is 4.91. The summed E-state index contributed by atoms with van der Waals surface area (Å²) in [5.74, 6) is 0.898. The van der Waals surface area contributed by atoms with Crippen LogP contribution in [0.15, 0.2) is 36.8 Å². The lowest BCUT2D eigenvalue weighted by Crippen LogP contribution is -2.23. The first-order valence-electron chi connectivity index (χ1n) is 7.06. The molecule has 3 aromatic heterocycles. The third-order valence-corrected chi connectivity index (χ3v) is 3.65. The lowest BCUT2D eigenvalue weighted by Gasteiger charge is -2.09. The Kier molecular flexibility index (Phi) is 2.65. The number of nitrogens with one attached hydrogen (secondary N) is 1. The molecular formula is C15H16N6. The first kappa shape index (κ1) is 12.3. The van der Waals surface area contributed by atoms with Crippen molar-refractivity contribution in [2.75, 3.05) is 0 Å². The van der Waals surface area contributed by atoms with Crippen LogP contribution < -0.4 is 5.32 Å². The van der Waals surface area contributed by atoms with Crippen molar-refractivity contribution in [3.05, 3.63) is 42.6 Å². The van der Waals surface area contributed by atoms with Crippen LogP contribution in [0.25, 0.3) is 22.2 Å². The summed E-state index contributed by atoms with van der Waals surface area (Å²) in [7, 11) is 0. The maximum atomic E-state index is 4.39. The molecule has 3 heterocycles. The first-order valence-corrected chi connectivity index (χ1v) is 7.06. The number of benzene rings is 1. The van der Waals surface area contributed by atoms with E-state index in [4.69, 9.17) is 0 Å². The molecule has 6 nitrogen and oxygen atoms in total. The van der Waals surface area contributed by atoms with E-state index in [0.29, 0.717) is 12.6 Å². The van der Waals surface area contributed by atoms with Gasteiger partial charge in [-0.2, -0.15) is 0 Å². The van der Waals surface area contributed by atoms with Crippen molar-refractivity contribution in [3.8, 4) is 0 Å². The molecule has 4 aromatic rings. The smallest absolute Gasteiger partial charge is 0.171 e. The summed E-state index contributed by atoms with van der Waals surface area (Å²) >= 11 is 0. The predicted molar refractivity (Wildman–Crippen MR) is 81.2 cm³/mol. The number of fused-ring (bicyclic) bond motifs is 6. The molecule has 0 saturated carbocycles. The second kappa shape index (κ2) is 4.53. The number of nitrogens with zero attached hydrogens (tertiary/aromatic N) is 5. The summed E-state index contributed by atoms with van der Waals surface area (Å²) < 4.78 is 4.15. The Morgan fingerprint density at radius 3 is 2.90 bits per heavy atom.